The minimum atomic E-state index is 0.879. The van der Waals surface area contributed by atoms with Crippen LogP contribution in [-0.4, -0.2) is 4.98 Å². The molecule has 0 aliphatic heterocycles. The number of pyridine rings is 1. The molecule has 0 saturated carbocycles. The maximum Gasteiger partial charge on any atom is 0.0531 e. The lowest BCUT2D eigenvalue weighted by Gasteiger charge is -2.18. The lowest BCUT2D eigenvalue weighted by atomic mass is 9.89. The zero-order chi connectivity index (χ0) is 18.1. The third kappa shape index (κ3) is 3.51. The summed E-state index contributed by atoms with van der Waals surface area (Å²) in [4.78, 5) is 4.95. The summed E-state index contributed by atoms with van der Waals surface area (Å²) in [6.45, 7) is 13.1. The van der Waals surface area contributed by atoms with Crippen LogP contribution in [0.25, 0.3) is 11.1 Å². The number of rotatable bonds is 3. The summed E-state index contributed by atoms with van der Waals surface area (Å²) in [5.41, 5.74) is 12.9. The highest BCUT2D eigenvalue weighted by atomic mass is 14.7. The van der Waals surface area contributed by atoms with Gasteiger partial charge in [0, 0.05) is 17.7 Å². The zero-order valence-electron chi connectivity index (χ0n) is 16.2. The molecule has 1 heterocycles. The standard InChI is InChI=1S/C24H27N/c1-15-11-17(3)22(18(4)12-15)14-23-24(19(5)13-20(6)25-23)21-10-8-7-9-16(21)2/h7-13H,14H2,1-6H3. The third-order valence-electron chi connectivity index (χ3n) is 5.02. The quantitative estimate of drug-likeness (QED) is 0.558. The van der Waals surface area contributed by atoms with Crippen molar-refractivity contribution in [1.29, 1.82) is 0 Å². The van der Waals surface area contributed by atoms with Crippen molar-refractivity contribution in [2.75, 3.05) is 0 Å². The molecule has 128 valence electrons. The molecule has 0 N–H and O–H groups in total. The molecule has 2 aromatic carbocycles. The van der Waals surface area contributed by atoms with E-state index in [1.165, 1.54) is 50.2 Å². The molecule has 0 radical (unpaired) electrons. The number of aromatic nitrogens is 1. The van der Waals surface area contributed by atoms with Crippen LogP contribution in [-0.2, 0) is 6.42 Å². The molecule has 0 bridgehead atoms. The Kier molecular flexibility index (Phi) is 4.76. The van der Waals surface area contributed by atoms with Gasteiger partial charge >= 0.3 is 0 Å². The average Bonchev–Trinajstić information content (AvgIpc) is 2.51. The number of benzene rings is 2. The summed E-state index contributed by atoms with van der Waals surface area (Å²) in [6.07, 6.45) is 0.879. The molecular weight excluding hydrogens is 302 g/mol. The predicted octanol–water partition coefficient (Wildman–Crippen LogP) is 6.19. The monoisotopic (exact) mass is 329 g/mol. The molecular formula is C24H27N. The number of hydrogen-bond donors (Lipinski definition) is 0. The van der Waals surface area contributed by atoms with Gasteiger partial charge in [0.05, 0.1) is 5.69 Å². The molecule has 0 spiro atoms. The van der Waals surface area contributed by atoms with Crippen molar-refractivity contribution in [3.8, 4) is 11.1 Å². The Labute approximate surface area is 151 Å². The number of nitrogens with zero attached hydrogens (tertiary/aromatic N) is 1. The normalized spacial score (nSPS) is 11.0. The number of aryl methyl sites for hydroxylation is 6. The summed E-state index contributed by atoms with van der Waals surface area (Å²) in [5, 5.41) is 0. The summed E-state index contributed by atoms with van der Waals surface area (Å²) in [5.74, 6) is 0. The van der Waals surface area contributed by atoms with Crippen molar-refractivity contribution < 1.29 is 0 Å². The first kappa shape index (κ1) is 17.4. The van der Waals surface area contributed by atoms with Gasteiger partial charge in [-0.3, -0.25) is 4.98 Å². The van der Waals surface area contributed by atoms with E-state index in [1.807, 2.05) is 0 Å². The van der Waals surface area contributed by atoms with Crippen molar-refractivity contribution >= 4 is 0 Å². The molecule has 0 aliphatic carbocycles. The van der Waals surface area contributed by atoms with Crippen molar-refractivity contribution in [2.24, 2.45) is 0 Å². The minimum Gasteiger partial charge on any atom is -0.257 e. The number of hydrogen-bond acceptors (Lipinski definition) is 1. The van der Waals surface area contributed by atoms with Crippen LogP contribution in [0.15, 0.2) is 42.5 Å². The van der Waals surface area contributed by atoms with Gasteiger partial charge in [-0.15, -0.1) is 0 Å². The largest absolute Gasteiger partial charge is 0.257 e. The van der Waals surface area contributed by atoms with Gasteiger partial charge in [0.25, 0.3) is 0 Å². The summed E-state index contributed by atoms with van der Waals surface area (Å²) in [7, 11) is 0. The molecule has 0 saturated heterocycles. The fraction of sp³-hybridized carbons (Fsp3) is 0.292. The highest BCUT2D eigenvalue weighted by Crippen LogP contribution is 2.32. The summed E-state index contributed by atoms with van der Waals surface area (Å²) < 4.78 is 0. The zero-order valence-corrected chi connectivity index (χ0v) is 16.2. The van der Waals surface area contributed by atoms with Crippen LogP contribution in [0, 0.1) is 41.5 Å². The average molecular weight is 329 g/mol. The Bertz CT molecular complexity index is 912. The molecule has 1 aromatic heterocycles. The van der Waals surface area contributed by atoms with Gasteiger partial charge in [-0.2, -0.15) is 0 Å². The second kappa shape index (κ2) is 6.84. The summed E-state index contributed by atoms with van der Waals surface area (Å²) >= 11 is 0. The molecule has 0 fully saturated rings. The molecule has 0 unspecified atom stereocenters. The molecule has 3 aromatic rings. The van der Waals surface area contributed by atoms with Crippen molar-refractivity contribution in [1.82, 2.24) is 4.98 Å². The topological polar surface area (TPSA) is 12.9 Å². The first-order valence-corrected chi connectivity index (χ1v) is 8.96. The Morgan fingerprint density at radius 3 is 2.00 bits per heavy atom. The molecule has 1 heteroatoms. The third-order valence-corrected chi connectivity index (χ3v) is 5.02. The fourth-order valence-electron chi connectivity index (χ4n) is 3.92. The molecule has 25 heavy (non-hydrogen) atoms. The van der Waals surface area contributed by atoms with Crippen LogP contribution >= 0.6 is 0 Å². The van der Waals surface area contributed by atoms with E-state index < -0.39 is 0 Å². The van der Waals surface area contributed by atoms with Gasteiger partial charge in [-0.05, 0) is 81.0 Å². The second-order valence-corrected chi connectivity index (χ2v) is 7.27. The second-order valence-electron chi connectivity index (χ2n) is 7.27. The lowest BCUT2D eigenvalue weighted by Crippen LogP contribution is -2.04. The van der Waals surface area contributed by atoms with Crippen LogP contribution in [0.2, 0.25) is 0 Å². The highest BCUT2D eigenvalue weighted by molar-refractivity contribution is 5.73. The van der Waals surface area contributed by atoms with E-state index >= 15 is 0 Å². The van der Waals surface area contributed by atoms with Crippen LogP contribution in [0.5, 0.6) is 0 Å². The van der Waals surface area contributed by atoms with Gasteiger partial charge < -0.3 is 0 Å². The predicted molar refractivity (Wildman–Crippen MR) is 107 cm³/mol. The van der Waals surface area contributed by atoms with Gasteiger partial charge in [-0.25, -0.2) is 0 Å². The van der Waals surface area contributed by atoms with Crippen molar-refractivity contribution in [3.05, 3.63) is 87.2 Å². The first-order valence-electron chi connectivity index (χ1n) is 8.96. The minimum absolute atomic E-state index is 0.879. The van der Waals surface area contributed by atoms with E-state index in [-0.39, 0.29) is 0 Å². The Morgan fingerprint density at radius 1 is 0.720 bits per heavy atom. The summed E-state index contributed by atoms with van der Waals surface area (Å²) in [6, 6.07) is 15.4. The lowest BCUT2D eigenvalue weighted by molar-refractivity contribution is 1.01. The van der Waals surface area contributed by atoms with Gasteiger partial charge in [0.1, 0.15) is 0 Å². The molecule has 0 atom stereocenters. The maximum atomic E-state index is 4.95. The van der Waals surface area contributed by atoms with E-state index in [2.05, 4.69) is 84.0 Å². The molecule has 3 rings (SSSR count). The van der Waals surface area contributed by atoms with Crippen LogP contribution in [0.1, 0.15) is 44.8 Å². The van der Waals surface area contributed by atoms with Crippen molar-refractivity contribution in [3.63, 3.8) is 0 Å². The van der Waals surface area contributed by atoms with Crippen LogP contribution in [0.3, 0.4) is 0 Å². The van der Waals surface area contributed by atoms with E-state index in [4.69, 9.17) is 4.98 Å². The van der Waals surface area contributed by atoms with Crippen LogP contribution in [0.4, 0.5) is 0 Å². The smallest absolute Gasteiger partial charge is 0.0531 e. The fourth-order valence-corrected chi connectivity index (χ4v) is 3.92. The molecule has 0 amide bonds. The molecule has 0 aliphatic rings. The highest BCUT2D eigenvalue weighted by Gasteiger charge is 2.15. The van der Waals surface area contributed by atoms with Crippen molar-refractivity contribution in [2.45, 2.75) is 48.0 Å². The van der Waals surface area contributed by atoms with Gasteiger partial charge in [-0.1, -0.05) is 42.0 Å². The first-order chi connectivity index (χ1) is 11.9. The Hall–Kier alpha value is -2.41. The maximum absolute atomic E-state index is 4.95. The van der Waals surface area contributed by atoms with E-state index in [1.54, 1.807) is 0 Å². The Balaban J connectivity index is 2.19. The Morgan fingerprint density at radius 2 is 1.36 bits per heavy atom. The van der Waals surface area contributed by atoms with Gasteiger partial charge in [0.15, 0.2) is 0 Å². The van der Waals surface area contributed by atoms with E-state index in [0.29, 0.717) is 0 Å². The molecule has 1 nitrogen and oxygen atoms in total. The van der Waals surface area contributed by atoms with Crippen LogP contribution < -0.4 is 0 Å². The SMILES string of the molecule is Cc1cc(C)c(Cc2nc(C)cc(C)c2-c2ccccc2C)c(C)c1. The van der Waals surface area contributed by atoms with E-state index in [9.17, 15) is 0 Å². The van der Waals surface area contributed by atoms with Gasteiger partial charge in [0.2, 0.25) is 0 Å². The van der Waals surface area contributed by atoms with E-state index in [0.717, 1.165) is 12.1 Å².